The first-order chi connectivity index (χ1) is 18.0. The van der Waals surface area contributed by atoms with Gasteiger partial charge in [-0.2, -0.15) is 0 Å². The predicted octanol–water partition coefficient (Wildman–Crippen LogP) is 0.712. The average molecular weight is 520 g/mol. The Hall–Kier alpha value is -4.38. The summed E-state index contributed by atoms with van der Waals surface area (Å²) in [5, 5.41) is 24.2. The molecule has 11 heteroatoms. The van der Waals surface area contributed by atoms with Gasteiger partial charge in [0.05, 0.1) is 11.5 Å². The SMILES string of the molecule is CNC(=O)Oc1ccc(-c2ccc(O)c3c2C[C@H]2C[C@H]4CC(=O)C(C(N)=O)C(=O)[C@@]4(O)C(=O)C2C3=O)cc1. The van der Waals surface area contributed by atoms with Crippen molar-refractivity contribution in [2.75, 3.05) is 7.05 Å². The number of primary amides is 1. The fourth-order valence-corrected chi connectivity index (χ4v) is 6.10. The number of ketones is 4. The van der Waals surface area contributed by atoms with Crippen molar-refractivity contribution in [1.82, 2.24) is 5.32 Å². The monoisotopic (exact) mass is 520 g/mol. The summed E-state index contributed by atoms with van der Waals surface area (Å²) in [7, 11) is 1.43. The number of rotatable bonds is 3. The van der Waals surface area contributed by atoms with E-state index in [-0.39, 0.29) is 29.9 Å². The van der Waals surface area contributed by atoms with E-state index in [0.717, 1.165) is 0 Å². The third-order valence-electron chi connectivity index (χ3n) is 7.87. The van der Waals surface area contributed by atoms with Gasteiger partial charge in [0.2, 0.25) is 5.91 Å². The summed E-state index contributed by atoms with van der Waals surface area (Å²) < 4.78 is 5.10. The molecule has 5 rings (SSSR count). The quantitative estimate of drug-likeness (QED) is 0.422. The summed E-state index contributed by atoms with van der Waals surface area (Å²) >= 11 is 0. The first-order valence-electron chi connectivity index (χ1n) is 12.0. The Kier molecular flexibility index (Phi) is 5.90. The number of aromatic hydroxyl groups is 1. The largest absolute Gasteiger partial charge is 0.507 e. The molecule has 196 valence electrons. The minimum absolute atomic E-state index is 0.00898. The molecule has 0 aromatic heterocycles. The molecule has 5 N–H and O–H groups in total. The number of nitrogens with two attached hydrogens (primary N) is 1. The van der Waals surface area contributed by atoms with Gasteiger partial charge < -0.3 is 26.0 Å². The van der Waals surface area contributed by atoms with Crippen LogP contribution in [-0.2, 0) is 25.6 Å². The molecule has 0 radical (unpaired) electrons. The van der Waals surface area contributed by atoms with Crippen molar-refractivity contribution in [2.24, 2.45) is 29.4 Å². The van der Waals surface area contributed by atoms with Crippen LogP contribution >= 0.6 is 0 Å². The van der Waals surface area contributed by atoms with Crippen molar-refractivity contribution in [1.29, 1.82) is 0 Å². The Morgan fingerprint density at radius 1 is 1.03 bits per heavy atom. The lowest BCUT2D eigenvalue weighted by Crippen LogP contribution is -2.68. The Morgan fingerprint density at radius 3 is 2.34 bits per heavy atom. The van der Waals surface area contributed by atoms with Gasteiger partial charge in [-0.15, -0.1) is 0 Å². The molecule has 0 spiro atoms. The maximum atomic E-state index is 13.7. The summed E-state index contributed by atoms with van der Waals surface area (Å²) in [6.45, 7) is 0. The van der Waals surface area contributed by atoms with Crippen LogP contribution in [0.1, 0.15) is 28.8 Å². The second-order valence-electron chi connectivity index (χ2n) is 9.89. The molecule has 0 saturated heterocycles. The Morgan fingerprint density at radius 2 is 1.71 bits per heavy atom. The van der Waals surface area contributed by atoms with Gasteiger partial charge in [-0.3, -0.25) is 24.0 Å². The lowest BCUT2D eigenvalue weighted by Gasteiger charge is -2.48. The van der Waals surface area contributed by atoms with E-state index in [1.807, 2.05) is 0 Å². The highest BCUT2D eigenvalue weighted by Crippen LogP contribution is 2.51. The molecule has 0 bridgehead atoms. The molecule has 2 unspecified atom stereocenters. The Balaban J connectivity index is 1.54. The summed E-state index contributed by atoms with van der Waals surface area (Å²) in [4.78, 5) is 75.9. The third-order valence-corrected chi connectivity index (χ3v) is 7.87. The van der Waals surface area contributed by atoms with Gasteiger partial charge in [0.15, 0.2) is 34.7 Å². The average Bonchev–Trinajstić information content (AvgIpc) is 2.86. The number of ether oxygens (including phenoxy) is 1. The molecule has 2 saturated carbocycles. The van der Waals surface area contributed by atoms with Gasteiger partial charge in [-0.1, -0.05) is 18.2 Å². The third kappa shape index (κ3) is 3.61. The zero-order valence-corrected chi connectivity index (χ0v) is 20.2. The minimum Gasteiger partial charge on any atom is -0.507 e. The fraction of sp³-hybridized carbons (Fsp3) is 0.333. The van der Waals surface area contributed by atoms with E-state index < -0.39 is 70.8 Å². The van der Waals surface area contributed by atoms with Crippen LogP contribution in [0.25, 0.3) is 11.1 Å². The van der Waals surface area contributed by atoms with E-state index in [2.05, 4.69) is 5.32 Å². The van der Waals surface area contributed by atoms with Crippen molar-refractivity contribution in [3.8, 4) is 22.6 Å². The number of Topliss-reactive ketones (excluding diaryl/α,β-unsaturated/α-hetero) is 4. The Labute approximate surface area is 216 Å². The smallest absolute Gasteiger partial charge is 0.412 e. The van der Waals surface area contributed by atoms with Crippen LogP contribution in [0.4, 0.5) is 4.79 Å². The second kappa shape index (κ2) is 8.88. The van der Waals surface area contributed by atoms with Crippen LogP contribution in [0.3, 0.4) is 0 Å². The number of benzene rings is 2. The summed E-state index contributed by atoms with van der Waals surface area (Å²) in [5.74, 6) is -10.3. The molecule has 3 aliphatic carbocycles. The standard InChI is InChI=1S/C27H24N2O9/c1-29-26(36)38-14-4-2-11(3-5-14)15-6-7-17(30)20-16(15)9-12-8-13-10-18(31)21(25(28)35)24(34)27(13,37)23(33)19(12)22(20)32/h2-7,12-13,19,21,30,37H,8-10H2,1H3,(H2,28,35)(H,29,36)/t12-,13+,19?,21?,27+/m1/s1. The molecular weight excluding hydrogens is 496 g/mol. The Bertz CT molecular complexity index is 1430. The van der Waals surface area contributed by atoms with Crippen LogP contribution in [0.2, 0.25) is 0 Å². The highest BCUT2D eigenvalue weighted by molar-refractivity contribution is 6.31. The molecule has 2 aromatic carbocycles. The first-order valence-corrected chi connectivity index (χ1v) is 12.0. The van der Waals surface area contributed by atoms with Gasteiger partial charge in [0.1, 0.15) is 11.5 Å². The van der Waals surface area contributed by atoms with E-state index in [1.54, 1.807) is 30.3 Å². The molecule has 2 amide bonds. The minimum atomic E-state index is -2.68. The van der Waals surface area contributed by atoms with Crippen LogP contribution in [0, 0.1) is 23.7 Å². The summed E-state index contributed by atoms with van der Waals surface area (Å²) in [5.41, 5.74) is 4.17. The molecule has 5 atom stereocenters. The molecule has 0 heterocycles. The van der Waals surface area contributed by atoms with E-state index in [0.29, 0.717) is 16.7 Å². The molecule has 0 aliphatic heterocycles. The highest BCUT2D eigenvalue weighted by atomic mass is 16.5. The highest BCUT2D eigenvalue weighted by Gasteiger charge is 2.66. The van der Waals surface area contributed by atoms with Crippen molar-refractivity contribution in [2.45, 2.75) is 24.9 Å². The van der Waals surface area contributed by atoms with E-state index >= 15 is 0 Å². The van der Waals surface area contributed by atoms with Crippen LogP contribution in [-0.4, -0.2) is 58.0 Å². The zero-order valence-electron chi connectivity index (χ0n) is 20.2. The maximum absolute atomic E-state index is 13.7. The first kappa shape index (κ1) is 25.3. The molecule has 11 nitrogen and oxygen atoms in total. The topological polar surface area (TPSA) is 190 Å². The van der Waals surface area contributed by atoms with Gasteiger partial charge in [0.25, 0.3) is 0 Å². The van der Waals surface area contributed by atoms with E-state index in [1.165, 1.54) is 13.1 Å². The summed E-state index contributed by atoms with van der Waals surface area (Å²) in [6, 6.07) is 9.43. The van der Waals surface area contributed by atoms with Gasteiger partial charge in [-0.05, 0) is 53.6 Å². The van der Waals surface area contributed by atoms with E-state index in [9.17, 15) is 39.0 Å². The number of carbonyl (C=O) groups is 6. The second-order valence-corrected chi connectivity index (χ2v) is 9.89. The van der Waals surface area contributed by atoms with Crippen molar-refractivity contribution >= 4 is 35.1 Å². The number of phenolic OH excluding ortho intramolecular Hbond substituents is 1. The van der Waals surface area contributed by atoms with Crippen LogP contribution in [0.5, 0.6) is 11.5 Å². The molecule has 38 heavy (non-hydrogen) atoms. The fourth-order valence-electron chi connectivity index (χ4n) is 6.10. The molecule has 3 aliphatic rings. The van der Waals surface area contributed by atoms with Crippen molar-refractivity contribution < 1.29 is 43.7 Å². The molecule has 2 aromatic rings. The number of hydrogen-bond acceptors (Lipinski definition) is 9. The number of aliphatic hydroxyl groups is 1. The van der Waals surface area contributed by atoms with Crippen LogP contribution in [0.15, 0.2) is 36.4 Å². The predicted molar refractivity (Wildman–Crippen MR) is 129 cm³/mol. The van der Waals surface area contributed by atoms with Crippen molar-refractivity contribution in [3.05, 3.63) is 47.5 Å². The number of fused-ring (bicyclic) bond motifs is 3. The number of phenols is 1. The van der Waals surface area contributed by atoms with Crippen LogP contribution < -0.4 is 15.8 Å². The van der Waals surface area contributed by atoms with Gasteiger partial charge in [0, 0.05) is 19.4 Å². The number of amides is 2. The molecular formula is C27H24N2O9. The van der Waals surface area contributed by atoms with Gasteiger partial charge >= 0.3 is 6.09 Å². The molecule has 2 fully saturated rings. The number of hydrogen-bond donors (Lipinski definition) is 4. The zero-order chi connectivity index (χ0) is 27.5. The van der Waals surface area contributed by atoms with Gasteiger partial charge in [-0.25, -0.2) is 4.79 Å². The lowest BCUT2D eigenvalue weighted by atomic mass is 9.53. The number of nitrogens with one attached hydrogen (secondary N) is 1. The van der Waals surface area contributed by atoms with Crippen molar-refractivity contribution in [3.63, 3.8) is 0 Å². The summed E-state index contributed by atoms with van der Waals surface area (Å²) in [6.07, 6.45) is -0.868. The lowest BCUT2D eigenvalue weighted by molar-refractivity contribution is -0.175. The maximum Gasteiger partial charge on any atom is 0.412 e. The normalized spacial score (nSPS) is 28.2. The number of carbonyl (C=O) groups excluding carboxylic acids is 6. The van der Waals surface area contributed by atoms with E-state index in [4.69, 9.17) is 10.5 Å².